The number of aliphatic carboxylic acids is 1. The van der Waals surface area contributed by atoms with Gasteiger partial charge in [-0.3, -0.25) is 4.79 Å². The van der Waals surface area contributed by atoms with Crippen LogP contribution in [0.25, 0.3) is 0 Å². The highest BCUT2D eigenvalue weighted by Gasteiger charge is 2.14. The van der Waals surface area contributed by atoms with E-state index in [4.69, 9.17) is 5.11 Å². The van der Waals surface area contributed by atoms with Crippen LogP contribution in [0.15, 0.2) is 0 Å². The number of carbonyl (C=O) groups is 2. The maximum atomic E-state index is 11.0. The highest BCUT2D eigenvalue weighted by atomic mass is 32.2. The number of amides is 1. The van der Waals surface area contributed by atoms with E-state index in [1.165, 1.54) is 11.6 Å². The molecule has 9 heteroatoms. The molecule has 0 aliphatic carbocycles. The predicted octanol–water partition coefficient (Wildman–Crippen LogP) is -0.958. The average Bonchev–Trinajstić information content (AvgIpc) is 2.01. The predicted molar refractivity (Wildman–Crippen MR) is 49.3 cm³/mol. The number of carbonyl (C=O) groups excluding carboxylic acids is 1. The van der Waals surface area contributed by atoms with Gasteiger partial charge in [0.2, 0.25) is 0 Å². The Kier molecular flexibility index (Phi) is 5.64. The number of ether oxygens (including phenoxy) is 1. The number of nitrogens with one attached hydrogen (secondary N) is 2. The van der Waals surface area contributed by atoms with Crippen molar-refractivity contribution in [2.75, 3.05) is 13.2 Å². The lowest BCUT2D eigenvalue weighted by Gasteiger charge is -2.06. The fraction of sp³-hybridized carbons (Fsp3) is 0.667. The molecule has 0 heterocycles. The van der Waals surface area contributed by atoms with E-state index in [1.807, 2.05) is 4.72 Å². The van der Waals surface area contributed by atoms with Crippen molar-refractivity contribution in [3.05, 3.63) is 0 Å². The second kappa shape index (κ2) is 6.19. The number of hydrogen-bond acceptors (Lipinski definition) is 5. The van der Waals surface area contributed by atoms with Crippen LogP contribution in [0.5, 0.6) is 0 Å². The van der Waals surface area contributed by atoms with Gasteiger partial charge in [-0.15, -0.1) is 0 Å². The Morgan fingerprint density at radius 1 is 1.40 bits per heavy atom. The Hall–Kier alpha value is -1.35. The Balaban J connectivity index is 3.97. The lowest BCUT2D eigenvalue weighted by Crippen LogP contribution is -2.41. The molecule has 0 atom stereocenters. The van der Waals surface area contributed by atoms with Crippen molar-refractivity contribution in [3.63, 3.8) is 0 Å². The number of carboxylic acid groups (broad SMARTS) is 1. The molecule has 0 saturated carbocycles. The molecule has 0 unspecified atom stereocenters. The fourth-order valence-corrected chi connectivity index (χ4v) is 1.32. The third-order valence-corrected chi connectivity index (χ3v) is 2.14. The van der Waals surface area contributed by atoms with Crippen LogP contribution in [-0.4, -0.2) is 38.7 Å². The maximum absolute atomic E-state index is 11.0. The summed E-state index contributed by atoms with van der Waals surface area (Å²) in [6.45, 7) is 1.25. The van der Waals surface area contributed by atoms with E-state index in [0.29, 0.717) is 0 Å². The molecule has 0 aliphatic rings. The minimum absolute atomic E-state index is 0.0382. The summed E-state index contributed by atoms with van der Waals surface area (Å²) in [6, 6.07) is 0. The fourth-order valence-electron chi connectivity index (χ4n) is 0.599. The highest BCUT2D eigenvalue weighted by molar-refractivity contribution is 7.88. The van der Waals surface area contributed by atoms with Crippen LogP contribution in [-0.2, 0) is 19.7 Å². The minimum Gasteiger partial charge on any atom is -0.481 e. The van der Waals surface area contributed by atoms with Gasteiger partial charge in [-0.05, 0) is 6.92 Å². The molecular weight excluding hydrogens is 228 g/mol. The van der Waals surface area contributed by atoms with E-state index >= 15 is 0 Å². The summed E-state index contributed by atoms with van der Waals surface area (Å²) in [7, 11) is -4.04. The van der Waals surface area contributed by atoms with Crippen molar-refractivity contribution in [1.82, 2.24) is 9.44 Å². The van der Waals surface area contributed by atoms with Crippen LogP contribution in [0.3, 0.4) is 0 Å². The van der Waals surface area contributed by atoms with Gasteiger partial charge in [0, 0.05) is 6.54 Å². The zero-order chi connectivity index (χ0) is 11.9. The zero-order valence-corrected chi connectivity index (χ0v) is 8.83. The largest absolute Gasteiger partial charge is 0.481 e. The van der Waals surface area contributed by atoms with Gasteiger partial charge in [0.25, 0.3) is 0 Å². The summed E-state index contributed by atoms with van der Waals surface area (Å²) in [6.07, 6.45) is -1.48. The average molecular weight is 240 g/mol. The SMILES string of the molecule is CCOC(=O)NS(=O)(=O)NCCC(=O)O. The first-order chi connectivity index (χ1) is 6.87. The first kappa shape index (κ1) is 13.7. The third-order valence-electron chi connectivity index (χ3n) is 1.12. The van der Waals surface area contributed by atoms with Gasteiger partial charge < -0.3 is 9.84 Å². The topological polar surface area (TPSA) is 122 Å². The van der Waals surface area contributed by atoms with Crippen molar-refractivity contribution in [2.45, 2.75) is 13.3 Å². The van der Waals surface area contributed by atoms with E-state index in [9.17, 15) is 18.0 Å². The van der Waals surface area contributed by atoms with Crippen molar-refractivity contribution >= 4 is 22.3 Å². The van der Waals surface area contributed by atoms with Gasteiger partial charge >= 0.3 is 22.3 Å². The van der Waals surface area contributed by atoms with Gasteiger partial charge in [0.05, 0.1) is 13.0 Å². The molecule has 3 N–H and O–H groups in total. The third kappa shape index (κ3) is 7.70. The van der Waals surface area contributed by atoms with Crippen LogP contribution in [0.4, 0.5) is 4.79 Å². The van der Waals surface area contributed by atoms with E-state index in [0.717, 1.165) is 0 Å². The molecule has 0 aliphatic heterocycles. The molecule has 0 rings (SSSR count). The smallest absolute Gasteiger partial charge is 0.421 e. The number of carboxylic acids is 1. The van der Waals surface area contributed by atoms with E-state index in [1.54, 1.807) is 0 Å². The highest BCUT2D eigenvalue weighted by Crippen LogP contribution is 1.83. The summed E-state index contributed by atoms with van der Waals surface area (Å²) in [4.78, 5) is 20.7. The quantitative estimate of drug-likeness (QED) is 0.549. The summed E-state index contributed by atoms with van der Waals surface area (Å²) in [5.41, 5.74) is 0. The van der Waals surface area contributed by atoms with Crippen LogP contribution in [0.2, 0.25) is 0 Å². The van der Waals surface area contributed by atoms with Gasteiger partial charge in [-0.25, -0.2) is 9.52 Å². The molecule has 0 radical (unpaired) electrons. The van der Waals surface area contributed by atoms with E-state index in [2.05, 4.69) is 4.74 Å². The molecule has 0 spiro atoms. The van der Waals surface area contributed by atoms with Crippen molar-refractivity contribution in [2.24, 2.45) is 0 Å². The Bertz CT molecular complexity index is 325. The van der Waals surface area contributed by atoms with Gasteiger partial charge in [-0.1, -0.05) is 0 Å². The number of rotatable bonds is 6. The summed E-state index contributed by atoms with van der Waals surface area (Å²) < 4.78 is 29.7. The van der Waals surface area contributed by atoms with Crippen molar-refractivity contribution < 1.29 is 27.9 Å². The molecule has 0 aromatic heterocycles. The molecule has 15 heavy (non-hydrogen) atoms. The monoisotopic (exact) mass is 240 g/mol. The molecule has 0 aromatic rings. The van der Waals surface area contributed by atoms with Crippen LogP contribution < -0.4 is 9.44 Å². The molecule has 8 nitrogen and oxygen atoms in total. The van der Waals surface area contributed by atoms with E-state index in [-0.39, 0.29) is 19.6 Å². The first-order valence-corrected chi connectivity index (χ1v) is 5.51. The second-order valence-corrected chi connectivity index (χ2v) is 3.86. The van der Waals surface area contributed by atoms with Crippen LogP contribution in [0, 0.1) is 0 Å². The maximum Gasteiger partial charge on any atom is 0.421 e. The summed E-state index contributed by atoms with van der Waals surface area (Å²) in [5.74, 6) is -1.14. The summed E-state index contributed by atoms with van der Waals surface area (Å²) in [5, 5.41) is 8.23. The number of hydrogen-bond donors (Lipinski definition) is 3. The lowest BCUT2D eigenvalue weighted by molar-refractivity contribution is -0.136. The molecule has 0 bridgehead atoms. The molecule has 0 fully saturated rings. The molecule has 1 amide bonds. The molecule has 0 saturated heterocycles. The molecule has 0 aromatic carbocycles. The van der Waals surface area contributed by atoms with Gasteiger partial charge in [-0.2, -0.15) is 13.1 Å². The van der Waals surface area contributed by atoms with Crippen molar-refractivity contribution in [3.8, 4) is 0 Å². The van der Waals surface area contributed by atoms with Crippen molar-refractivity contribution in [1.29, 1.82) is 0 Å². The lowest BCUT2D eigenvalue weighted by atomic mass is 10.5. The van der Waals surface area contributed by atoms with Gasteiger partial charge in [0.1, 0.15) is 0 Å². The Labute approximate surface area is 86.8 Å². The second-order valence-electron chi connectivity index (χ2n) is 2.36. The Morgan fingerprint density at radius 3 is 2.47 bits per heavy atom. The van der Waals surface area contributed by atoms with Crippen LogP contribution in [0.1, 0.15) is 13.3 Å². The standard InChI is InChI=1S/C6H12N2O6S/c1-2-14-6(11)8-15(12,13)7-4-3-5(9)10/h7H,2-4H2,1H3,(H,8,11)(H,9,10). The molecular formula is C6H12N2O6S. The minimum atomic E-state index is -4.04. The zero-order valence-electron chi connectivity index (χ0n) is 8.02. The first-order valence-electron chi connectivity index (χ1n) is 4.03. The van der Waals surface area contributed by atoms with Gasteiger partial charge in [0.15, 0.2) is 0 Å². The molecule has 88 valence electrons. The summed E-state index contributed by atoms with van der Waals surface area (Å²) >= 11 is 0. The van der Waals surface area contributed by atoms with Crippen LogP contribution >= 0.6 is 0 Å². The normalized spacial score (nSPS) is 10.7. The van der Waals surface area contributed by atoms with E-state index < -0.39 is 22.3 Å². The Morgan fingerprint density at radius 2 is 2.00 bits per heavy atom.